The molecule has 0 unspecified atom stereocenters. The molecule has 0 atom stereocenters. The summed E-state index contributed by atoms with van der Waals surface area (Å²) in [4.78, 5) is 11.5. The van der Waals surface area contributed by atoms with Gasteiger partial charge in [-0.25, -0.2) is 0 Å². The van der Waals surface area contributed by atoms with Crippen LogP contribution in [-0.4, -0.2) is 16.1 Å². The molecule has 1 heterocycles. The van der Waals surface area contributed by atoms with Gasteiger partial charge in [-0.3, -0.25) is 9.89 Å². The van der Waals surface area contributed by atoms with Gasteiger partial charge in [0.2, 0.25) is 5.91 Å². The number of carbonyl (C=O) groups is 1. The third-order valence-corrected chi connectivity index (χ3v) is 2.98. The van der Waals surface area contributed by atoms with Gasteiger partial charge in [0.1, 0.15) is 0 Å². The van der Waals surface area contributed by atoms with Crippen LogP contribution >= 0.6 is 0 Å². The van der Waals surface area contributed by atoms with Gasteiger partial charge in [0.05, 0.1) is 12.2 Å². The fourth-order valence-corrected chi connectivity index (χ4v) is 2.13. The zero-order valence-corrected chi connectivity index (χ0v) is 8.83. The summed E-state index contributed by atoms with van der Waals surface area (Å²) in [5.74, 6) is 0.781. The zero-order valence-electron chi connectivity index (χ0n) is 8.83. The van der Waals surface area contributed by atoms with E-state index >= 15 is 0 Å². The molecule has 1 aromatic heterocycles. The number of amides is 1. The molecular formula is C11H17N3O. The fraction of sp³-hybridized carbons (Fsp3) is 0.636. The Bertz CT molecular complexity index is 302. The molecule has 1 aliphatic rings. The van der Waals surface area contributed by atoms with E-state index in [1.54, 1.807) is 6.20 Å². The average molecular weight is 207 g/mol. The second-order valence-electron chi connectivity index (χ2n) is 4.21. The Hall–Kier alpha value is -1.32. The highest BCUT2D eigenvalue weighted by Crippen LogP contribution is 2.27. The second-order valence-corrected chi connectivity index (χ2v) is 4.21. The Labute approximate surface area is 89.5 Å². The minimum absolute atomic E-state index is 0.163. The maximum atomic E-state index is 11.5. The monoisotopic (exact) mass is 207 g/mol. The van der Waals surface area contributed by atoms with Crippen molar-refractivity contribution in [1.29, 1.82) is 0 Å². The second kappa shape index (κ2) is 4.96. The van der Waals surface area contributed by atoms with Crippen LogP contribution in [0.1, 0.15) is 37.8 Å². The average Bonchev–Trinajstić information content (AvgIpc) is 2.86. The first-order valence-corrected chi connectivity index (χ1v) is 5.59. The SMILES string of the molecule is O=C(CC1CCCC1)NCc1ccn[nH]1. The zero-order chi connectivity index (χ0) is 10.5. The number of aromatic nitrogens is 2. The third-order valence-electron chi connectivity index (χ3n) is 2.98. The molecule has 0 spiro atoms. The molecule has 2 rings (SSSR count). The normalized spacial score (nSPS) is 16.8. The molecular weight excluding hydrogens is 190 g/mol. The smallest absolute Gasteiger partial charge is 0.220 e. The van der Waals surface area contributed by atoms with Gasteiger partial charge in [0.25, 0.3) is 0 Å². The van der Waals surface area contributed by atoms with Crippen LogP contribution in [0.5, 0.6) is 0 Å². The molecule has 0 radical (unpaired) electrons. The van der Waals surface area contributed by atoms with Gasteiger partial charge < -0.3 is 5.32 Å². The third kappa shape index (κ3) is 3.08. The largest absolute Gasteiger partial charge is 0.350 e. The van der Waals surface area contributed by atoms with Crippen LogP contribution in [0.3, 0.4) is 0 Å². The van der Waals surface area contributed by atoms with Crippen molar-refractivity contribution in [2.24, 2.45) is 5.92 Å². The molecule has 1 fully saturated rings. The number of carbonyl (C=O) groups excluding carboxylic acids is 1. The quantitative estimate of drug-likeness (QED) is 0.788. The van der Waals surface area contributed by atoms with Gasteiger partial charge in [-0.15, -0.1) is 0 Å². The molecule has 1 amide bonds. The molecule has 4 nitrogen and oxygen atoms in total. The Morgan fingerprint density at radius 2 is 2.33 bits per heavy atom. The van der Waals surface area contributed by atoms with Crippen LogP contribution in [0, 0.1) is 5.92 Å². The highest BCUT2D eigenvalue weighted by Gasteiger charge is 2.17. The van der Waals surface area contributed by atoms with E-state index in [4.69, 9.17) is 0 Å². The first-order chi connectivity index (χ1) is 7.34. The molecule has 1 aromatic rings. The highest BCUT2D eigenvalue weighted by atomic mass is 16.1. The lowest BCUT2D eigenvalue weighted by Crippen LogP contribution is -2.24. The molecule has 0 aromatic carbocycles. The van der Waals surface area contributed by atoms with Crippen molar-refractivity contribution in [1.82, 2.24) is 15.5 Å². The lowest BCUT2D eigenvalue weighted by atomic mass is 10.0. The van der Waals surface area contributed by atoms with Crippen molar-refractivity contribution in [2.75, 3.05) is 0 Å². The van der Waals surface area contributed by atoms with E-state index < -0.39 is 0 Å². The topological polar surface area (TPSA) is 57.8 Å². The van der Waals surface area contributed by atoms with E-state index in [9.17, 15) is 4.79 Å². The van der Waals surface area contributed by atoms with Gasteiger partial charge >= 0.3 is 0 Å². The van der Waals surface area contributed by atoms with Gasteiger partial charge in [0, 0.05) is 12.6 Å². The molecule has 0 saturated heterocycles. The van der Waals surface area contributed by atoms with Crippen molar-refractivity contribution in [3.05, 3.63) is 18.0 Å². The van der Waals surface area contributed by atoms with Crippen molar-refractivity contribution < 1.29 is 4.79 Å². The predicted molar refractivity (Wildman–Crippen MR) is 57.0 cm³/mol. The Morgan fingerprint density at radius 3 is 3.00 bits per heavy atom. The van der Waals surface area contributed by atoms with Gasteiger partial charge in [-0.1, -0.05) is 12.8 Å². The van der Waals surface area contributed by atoms with Crippen molar-refractivity contribution in [2.45, 2.75) is 38.6 Å². The van der Waals surface area contributed by atoms with Crippen LogP contribution in [0.25, 0.3) is 0 Å². The minimum Gasteiger partial charge on any atom is -0.350 e. The molecule has 0 aliphatic heterocycles. The summed E-state index contributed by atoms with van der Waals surface area (Å²) in [6, 6.07) is 1.87. The highest BCUT2D eigenvalue weighted by molar-refractivity contribution is 5.76. The molecule has 15 heavy (non-hydrogen) atoms. The summed E-state index contributed by atoms with van der Waals surface area (Å²) in [7, 11) is 0. The summed E-state index contributed by atoms with van der Waals surface area (Å²) in [5, 5.41) is 9.55. The van der Waals surface area contributed by atoms with E-state index in [1.165, 1.54) is 25.7 Å². The van der Waals surface area contributed by atoms with E-state index in [-0.39, 0.29) is 5.91 Å². The van der Waals surface area contributed by atoms with E-state index in [0.717, 1.165) is 5.69 Å². The Kier molecular flexibility index (Phi) is 3.37. The van der Waals surface area contributed by atoms with Crippen LogP contribution < -0.4 is 5.32 Å². The molecule has 1 aliphatic carbocycles. The number of hydrogen-bond donors (Lipinski definition) is 2. The standard InChI is InChI=1S/C11H17N3O/c15-11(7-9-3-1-2-4-9)12-8-10-5-6-13-14-10/h5-6,9H,1-4,7-8H2,(H,12,15)(H,13,14). The number of nitrogens with one attached hydrogen (secondary N) is 2. The molecule has 1 saturated carbocycles. The number of rotatable bonds is 4. The first kappa shape index (κ1) is 10.2. The van der Waals surface area contributed by atoms with Crippen molar-refractivity contribution in [3.63, 3.8) is 0 Å². The van der Waals surface area contributed by atoms with Crippen molar-refractivity contribution in [3.8, 4) is 0 Å². The maximum Gasteiger partial charge on any atom is 0.220 e. The lowest BCUT2D eigenvalue weighted by Gasteiger charge is -2.08. The summed E-state index contributed by atoms with van der Waals surface area (Å²) in [6.07, 6.45) is 7.40. The number of hydrogen-bond acceptors (Lipinski definition) is 2. The van der Waals surface area contributed by atoms with Crippen LogP contribution in [0.2, 0.25) is 0 Å². The minimum atomic E-state index is 0.163. The lowest BCUT2D eigenvalue weighted by molar-refractivity contribution is -0.122. The predicted octanol–water partition coefficient (Wildman–Crippen LogP) is 1.61. The Morgan fingerprint density at radius 1 is 1.53 bits per heavy atom. The van der Waals surface area contributed by atoms with Crippen molar-refractivity contribution >= 4 is 5.91 Å². The van der Waals surface area contributed by atoms with Gasteiger partial charge in [0.15, 0.2) is 0 Å². The van der Waals surface area contributed by atoms with Gasteiger partial charge in [-0.05, 0) is 24.8 Å². The number of H-pyrrole nitrogens is 1. The van der Waals surface area contributed by atoms with Crippen LogP contribution in [-0.2, 0) is 11.3 Å². The summed E-state index contributed by atoms with van der Waals surface area (Å²) in [6.45, 7) is 0.561. The first-order valence-electron chi connectivity index (χ1n) is 5.59. The molecule has 2 N–H and O–H groups in total. The number of nitrogens with zero attached hydrogens (tertiary/aromatic N) is 1. The summed E-state index contributed by atoms with van der Waals surface area (Å²) in [5.41, 5.74) is 0.953. The molecule has 0 bridgehead atoms. The number of aromatic amines is 1. The molecule has 82 valence electrons. The van der Waals surface area contributed by atoms with E-state index in [0.29, 0.717) is 18.9 Å². The van der Waals surface area contributed by atoms with E-state index in [1.807, 2.05) is 6.07 Å². The van der Waals surface area contributed by atoms with Gasteiger partial charge in [-0.2, -0.15) is 5.10 Å². The maximum absolute atomic E-state index is 11.5. The van der Waals surface area contributed by atoms with Crippen LogP contribution in [0.15, 0.2) is 12.3 Å². The summed E-state index contributed by atoms with van der Waals surface area (Å²) < 4.78 is 0. The summed E-state index contributed by atoms with van der Waals surface area (Å²) >= 11 is 0. The Balaban J connectivity index is 1.68. The fourth-order valence-electron chi connectivity index (χ4n) is 2.13. The molecule has 4 heteroatoms. The van der Waals surface area contributed by atoms with E-state index in [2.05, 4.69) is 15.5 Å². The van der Waals surface area contributed by atoms with Crippen LogP contribution in [0.4, 0.5) is 0 Å².